The lowest BCUT2D eigenvalue weighted by molar-refractivity contribution is 1.10. The number of nitrogens with zero attached hydrogens (tertiary/aromatic N) is 5. The maximum Gasteiger partial charge on any atom is 0.188 e. The van der Waals surface area contributed by atoms with Gasteiger partial charge in [0.05, 0.1) is 5.52 Å². The summed E-state index contributed by atoms with van der Waals surface area (Å²) in [4.78, 5) is 8.36. The highest BCUT2D eigenvalue weighted by atomic mass is 15.2. The maximum atomic E-state index is 4.20. The molecule has 3 heterocycles. The third kappa shape index (κ3) is 0.807. The highest BCUT2D eigenvalue weighted by Gasteiger charge is 2.02. The van der Waals surface area contributed by atoms with Gasteiger partial charge in [0.25, 0.3) is 0 Å². The van der Waals surface area contributed by atoms with Crippen LogP contribution in [-0.2, 0) is 0 Å². The Labute approximate surface area is 73.1 Å². The van der Waals surface area contributed by atoms with E-state index in [1.54, 1.807) is 18.7 Å². The summed E-state index contributed by atoms with van der Waals surface area (Å²) in [5.74, 6) is 0. The summed E-state index contributed by atoms with van der Waals surface area (Å²) in [5, 5.41) is 7.75. The number of fused-ring (bicyclic) bond motifs is 3. The first-order chi connectivity index (χ1) is 6.45. The van der Waals surface area contributed by atoms with Crippen molar-refractivity contribution in [3.8, 4) is 0 Å². The quantitative estimate of drug-likeness (QED) is 0.499. The summed E-state index contributed by atoms with van der Waals surface area (Å²) >= 11 is 0. The molecule has 0 unspecified atom stereocenters. The minimum absolute atomic E-state index is 0.741. The second kappa shape index (κ2) is 2.22. The van der Waals surface area contributed by atoms with Crippen LogP contribution in [0.1, 0.15) is 0 Å². The van der Waals surface area contributed by atoms with E-state index in [9.17, 15) is 0 Å². The van der Waals surface area contributed by atoms with E-state index in [1.165, 1.54) is 0 Å². The Hall–Kier alpha value is -2.04. The molecule has 0 aliphatic carbocycles. The number of rotatable bonds is 0. The molecule has 62 valence electrons. The molecule has 5 heteroatoms. The molecule has 3 aromatic heterocycles. The van der Waals surface area contributed by atoms with E-state index < -0.39 is 0 Å². The van der Waals surface area contributed by atoms with Crippen LogP contribution in [0.5, 0.6) is 0 Å². The van der Waals surface area contributed by atoms with Gasteiger partial charge >= 0.3 is 0 Å². The number of hydrogen-bond acceptors (Lipinski definition) is 4. The second-order valence-electron chi connectivity index (χ2n) is 2.67. The average molecular weight is 171 g/mol. The van der Waals surface area contributed by atoms with Crippen molar-refractivity contribution in [1.82, 2.24) is 24.6 Å². The molecular weight excluding hydrogens is 166 g/mol. The molecule has 5 nitrogen and oxygen atoms in total. The first-order valence-electron chi connectivity index (χ1n) is 3.84. The summed E-state index contributed by atoms with van der Waals surface area (Å²) in [6.45, 7) is 0. The highest BCUT2D eigenvalue weighted by molar-refractivity contribution is 5.86. The largest absolute Gasteiger partial charge is 0.287 e. The Kier molecular flexibility index (Phi) is 1.11. The van der Waals surface area contributed by atoms with Crippen LogP contribution >= 0.6 is 0 Å². The molecule has 0 saturated carbocycles. The van der Waals surface area contributed by atoms with Crippen LogP contribution < -0.4 is 0 Å². The van der Waals surface area contributed by atoms with Gasteiger partial charge < -0.3 is 0 Å². The predicted molar refractivity (Wildman–Crippen MR) is 46.1 cm³/mol. The second-order valence-corrected chi connectivity index (χ2v) is 2.67. The van der Waals surface area contributed by atoms with Crippen LogP contribution in [0.25, 0.3) is 16.7 Å². The van der Waals surface area contributed by atoms with Crippen molar-refractivity contribution in [2.45, 2.75) is 0 Å². The Morgan fingerprint density at radius 1 is 1.15 bits per heavy atom. The molecule has 0 bridgehead atoms. The van der Waals surface area contributed by atoms with Crippen molar-refractivity contribution in [3.05, 3.63) is 31.0 Å². The maximum absolute atomic E-state index is 4.20. The molecule has 0 aliphatic heterocycles. The molecule has 0 saturated heterocycles. The third-order valence-electron chi connectivity index (χ3n) is 1.90. The van der Waals surface area contributed by atoms with Crippen molar-refractivity contribution < 1.29 is 0 Å². The molecule has 0 aromatic carbocycles. The van der Waals surface area contributed by atoms with E-state index in [0.717, 1.165) is 16.7 Å². The summed E-state index contributed by atoms with van der Waals surface area (Å²) in [6.07, 6.45) is 6.82. The Bertz CT molecular complexity index is 571. The van der Waals surface area contributed by atoms with Gasteiger partial charge in [-0.15, -0.1) is 10.2 Å². The SMILES string of the molecule is c1cnc2c(ccn3cnnc23)n1. The van der Waals surface area contributed by atoms with Gasteiger partial charge in [-0.2, -0.15) is 0 Å². The van der Waals surface area contributed by atoms with Gasteiger partial charge in [-0.1, -0.05) is 0 Å². The van der Waals surface area contributed by atoms with Crippen molar-refractivity contribution >= 4 is 16.7 Å². The number of hydrogen-bond donors (Lipinski definition) is 0. The van der Waals surface area contributed by atoms with Gasteiger partial charge in [-0.25, -0.2) is 4.98 Å². The third-order valence-corrected chi connectivity index (χ3v) is 1.90. The van der Waals surface area contributed by atoms with Gasteiger partial charge in [-0.05, 0) is 6.07 Å². The molecule has 0 atom stereocenters. The summed E-state index contributed by atoms with van der Waals surface area (Å²) < 4.78 is 1.82. The summed E-state index contributed by atoms with van der Waals surface area (Å²) in [6, 6.07) is 1.89. The van der Waals surface area contributed by atoms with Crippen molar-refractivity contribution in [1.29, 1.82) is 0 Å². The zero-order valence-corrected chi connectivity index (χ0v) is 6.62. The Morgan fingerprint density at radius 3 is 3.08 bits per heavy atom. The van der Waals surface area contributed by atoms with E-state index in [-0.39, 0.29) is 0 Å². The molecule has 0 spiro atoms. The van der Waals surface area contributed by atoms with Gasteiger partial charge in [0.1, 0.15) is 11.8 Å². The first-order valence-corrected chi connectivity index (χ1v) is 3.84. The zero-order valence-electron chi connectivity index (χ0n) is 6.62. The van der Waals surface area contributed by atoms with Crippen LogP contribution in [0.4, 0.5) is 0 Å². The molecule has 0 aliphatic rings. The molecule has 0 radical (unpaired) electrons. The summed E-state index contributed by atoms with van der Waals surface area (Å²) in [5.41, 5.74) is 2.36. The van der Waals surface area contributed by atoms with E-state index in [4.69, 9.17) is 0 Å². The Morgan fingerprint density at radius 2 is 2.08 bits per heavy atom. The number of pyridine rings is 1. The fraction of sp³-hybridized carbons (Fsp3) is 0. The monoisotopic (exact) mass is 171 g/mol. The van der Waals surface area contributed by atoms with Crippen LogP contribution in [0.2, 0.25) is 0 Å². The smallest absolute Gasteiger partial charge is 0.188 e. The van der Waals surface area contributed by atoms with Crippen molar-refractivity contribution in [2.75, 3.05) is 0 Å². The molecule has 3 rings (SSSR count). The number of aromatic nitrogens is 5. The molecular formula is C8H5N5. The Balaban J connectivity index is 2.65. The molecule has 0 fully saturated rings. The van der Waals surface area contributed by atoms with Gasteiger partial charge in [0.15, 0.2) is 5.65 Å². The predicted octanol–water partition coefficient (Wildman–Crippen LogP) is 0.672. The van der Waals surface area contributed by atoms with Gasteiger partial charge in [0, 0.05) is 18.6 Å². The lowest BCUT2D eigenvalue weighted by atomic mass is 10.4. The van der Waals surface area contributed by atoms with Crippen LogP contribution in [0.3, 0.4) is 0 Å². The van der Waals surface area contributed by atoms with E-state index in [2.05, 4.69) is 20.2 Å². The fourth-order valence-electron chi connectivity index (χ4n) is 1.32. The minimum atomic E-state index is 0.741. The normalized spacial score (nSPS) is 11.1. The lowest BCUT2D eigenvalue weighted by Gasteiger charge is -1.95. The van der Waals surface area contributed by atoms with Crippen LogP contribution in [0.15, 0.2) is 31.0 Å². The molecule has 0 N–H and O–H groups in total. The molecule has 13 heavy (non-hydrogen) atoms. The van der Waals surface area contributed by atoms with E-state index >= 15 is 0 Å². The van der Waals surface area contributed by atoms with E-state index in [0.29, 0.717) is 0 Å². The average Bonchev–Trinajstić information content (AvgIpc) is 2.65. The van der Waals surface area contributed by atoms with Gasteiger partial charge in [0.2, 0.25) is 0 Å². The van der Waals surface area contributed by atoms with E-state index in [1.807, 2.05) is 16.7 Å². The van der Waals surface area contributed by atoms with Crippen LogP contribution in [-0.4, -0.2) is 24.6 Å². The zero-order chi connectivity index (χ0) is 8.67. The van der Waals surface area contributed by atoms with Crippen molar-refractivity contribution in [3.63, 3.8) is 0 Å². The van der Waals surface area contributed by atoms with Crippen LogP contribution in [0, 0.1) is 0 Å². The summed E-state index contributed by atoms with van der Waals surface area (Å²) in [7, 11) is 0. The molecule has 3 aromatic rings. The highest BCUT2D eigenvalue weighted by Crippen LogP contribution is 2.11. The minimum Gasteiger partial charge on any atom is -0.287 e. The fourth-order valence-corrected chi connectivity index (χ4v) is 1.32. The molecule has 0 amide bonds. The van der Waals surface area contributed by atoms with Crippen molar-refractivity contribution in [2.24, 2.45) is 0 Å². The lowest BCUT2D eigenvalue weighted by Crippen LogP contribution is -1.88. The van der Waals surface area contributed by atoms with Gasteiger partial charge in [-0.3, -0.25) is 9.38 Å². The standard InChI is InChI=1S/C8H5N5/c1-4-13-5-11-12-8(13)7-6(1)9-2-3-10-7/h1-5H. The topological polar surface area (TPSA) is 56.0 Å². The first kappa shape index (κ1) is 6.47.